The largest absolute Gasteiger partial charge is 0.491 e. The first-order chi connectivity index (χ1) is 17.0. The van der Waals surface area contributed by atoms with Gasteiger partial charge in [0.05, 0.1) is 13.2 Å². The van der Waals surface area contributed by atoms with Gasteiger partial charge >= 0.3 is 5.97 Å². The number of carbonyl (C=O) groups is 1. The van der Waals surface area contributed by atoms with Crippen LogP contribution in [0.5, 0.6) is 5.75 Å². The molecule has 10 nitrogen and oxygen atoms in total. The molecule has 180 valence electrons. The van der Waals surface area contributed by atoms with Crippen molar-refractivity contribution in [3.8, 4) is 16.9 Å². The summed E-state index contributed by atoms with van der Waals surface area (Å²) >= 11 is 1.37. The standard InChI is InChI=1S/C24H25N7O3S/c1-4-33-22(32)17-11-28-24(26-3)30-20(17)31-5-6-34-19-13(2)7-14(8-16(19)12-31)15-9-18-21(27-10-15)35-23(25)29-18/h7-11H,4-6,12H2,1-3H3,(H2,25,29)(H,26,28,30). The number of thiazole rings is 1. The summed E-state index contributed by atoms with van der Waals surface area (Å²) in [5.74, 6) is 1.31. The number of fused-ring (bicyclic) bond motifs is 2. The zero-order chi connectivity index (χ0) is 24.5. The fourth-order valence-corrected chi connectivity index (χ4v) is 4.80. The summed E-state index contributed by atoms with van der Waals surface area (Å²) < 4.78 is 11.4. The topological polar surface area (TPSA) is 128 Å². The van der Waals surface area contributed by atoms with Crippen LogP contribution < -0.4 is 20.7 Å². The van der Waals surface area contributed by atoms with E-state index in [4.69, 9.17) is 15.2 Å². The Hall–Kier alpha value is -3.99. The van der Waals surface area contributed by atoms with Gasteiger partial charge in [0.25, 0.3) is 0 Å². The van der Waals surface area contributed by atoms with Gasteiger partial charge in [-0.3, -0.25) is 0 Å². The molecule has 1 aliphatic rings. The highest BCUT2D eigenvalue weighted by molar-refractivity contribution is 7.21. The first kappa shape index (κ1) is 22.8. The Morgan fingerprint density at radius 1 is 1.23 bits per heavy atom. The molecule has 5 rings (SSSR count). The summed E-state index contributed by atoms with van der Waals surface area (Å²) in [6.45, 7) is 5.55. The Morgan fingerprint density at radius 3 is 2.89 bits per heavy atom. The maximum Gasteiger partial charge on any atom is 0.343 e. The lowest BCUT2D eigenvalue weighted by Gasteiger charge is -2.23. The summed E-state index contributed by atoms with van der Waals surface area (Å²) in [6, 6.07) is 6.17. The van der Waals surface area contributed by atoms with E-state index in [1.54, 1.807) is 14.0 Å². The second-order valence-corrected chi connectivity index (χ2v) is 9.06. The smallest absolute Gasteiger partial charge is 0.343 e. The van der Waals surface area contributed by atoms with Gasteiger partial charge in [-0.2, -0.15) is 4.98 Å². The van der Waals surface area contributed by atoms with Crippen molar-refractivity contribution in [3.05, 3.63) is 47.3 Å². The van der Waals surface area contributed by atoms with Crippen LogP contribution in [-0.2, 0) is 11.3 Å². The van der Waals surface area contributed by atoms with E-state index in [1.165, 1.54) is 17.5 Å². The maximum atomic E-state index is 12.6. The van der Waals surface area contributed by atoms with E-state index in [9.17, 15) is 4.79 Å². The Morgan fingerprint density at radius 2 is 2.09 bits per heavy atom. The maximum absolute atomic E-state index is 12.6. The minimum atomic E-state index is -0.456. The van der Waals surface area contributed by atoms with Crippen LogP contribution in [0.25, 0.3) is 21.5 Å². The van der Waals surface area contributed by atoms with E-state index in [-0.39, 0.29) is 6.61 Å². The number of ether oxygens (including phenoxy) is 2. The number of nitrogens with two attached hydrogens (primary N) is 1. The molecule has 1 aliphatic heterocycles. The lowest BCUT2D eigenvalue weighted by atomic mass is 9.99. The lowest BCUT2D eigenvalue weighted by Crippen LogP contribution is -2.29. The van der Waals surface area contributed by atoms with Crippen LogP contribution in [0, 0.1) is 6.92 Å². The summed E-state index contributed by atoms with van der Waals surface area (Å²) in [7, 11) is 1.74. The van der Waals surface area contributed by atoms with Gasteiger partial charge in [-0.05, 0) is 43.2 Å². The van der Waals surface area contributed by atoms with Gasteiger partial charge in [0, 0.05) is 37.1 Å². The summed E-state index contributed by atoms with van der Waals surface area (Å²) in [5, 5.41) is 3.44. The third-order valence-corrected chi connectivity index (χ3v) is 6.51. The minimum absolute atomic E-state index is 0.267. The predicted octanol–water partition coefficient (Wildman–Crippen LogP) is 3.66. The second-order valence-electron chi connectivity index (χ2n) is 8.05. The molecule has 11 heteroatoms. The van der Waals surface area contributed by atoms with Crippen molar-refractivity contribution in [1.82, 2.24) is 19.9 Å². The van der Waals surface area contributed by atoms with Crippen LogP contribution in [0.1, 0.15) is 28.4 Å². The van der Waals surface area contributed by atoms with Crippen LogP contribution in [0.4, 0.5) is 16.9 Å². The van der Waals surface area contributed by atoms with Crippen LogP contribution >= 0.6 is 11.3 Å². The Balaban J connectivity index is 1.55. The molecule has 0 radical (unpaired) electrons. The van der Waals surface area contributed by atoms with E-state index < -0.39 is 5.97 Å². The molecule has 0 fully saturated rings. The van der Waals surface area contributed by atoms with Crippen molar-refractivity contribution < 1.29 is 14.3 Å². The number of esters is 1. The van der Waals surface area contributed by atoms with E-state index in [0.717, 1.165) is 38.4 Å². The molecule has 35 heavy (non-hydrogen) atoms. The fourth-order valence-electron chi connectivity index (χ4n) is 4.15. The molecule has 3 aromatic heterocycles. The van der Waals surface area contributed by atoms with E-state index in [2.05, 4.69) is 37.4 Å². The molecule has 0 atom stereocenters. The molecule has 0 saturated heterocycles. The van der Waals surface area contributed by atoms with Crippen LogP contribution in [0.2, 0.25) is 0 Å². The number of nitrogens with zero attached hydrogens (tertiary/aromatic N) is 5. The number of pyridine rings is 1. The summed E-state index contributed by atoms with van der Waals surface area (Å²) in [6.07, 6.45) is 3.33. The Labute approximate surface area is 206 Å². The molecule has 3 N–H and O–H groups in total. The highest BCUT2D eigenvalue weighted by atomic mass is 32.1. The first-order valence-electron chi connectivity index (χ1n) is 11.2. The molecule has 0 amide bonds. The summed E-state index contributed by atoms with van der Waals surface area (Å²) in [5.41, 5.74) is 10.9. The Bertz CT molecular complexity index is 1420. The highest BCUT2D eigenvalue weighted by Crippen LogP contribution is 2.35. The van der Waals surface area contributed by atoms with Crippen molar-refractivity contribution >= 4 is 44.6 Å². The van der Waals surface area contributed by atoms with Crippen molar-refractivity contribution in [1.29, 1.82) is 0 Å². The monoisotopic (exact) mass is 491 g/mol. The quantitative estimate of drug-likeness (QED) is 0.399. The molecule has 0 unspecified atom stereocenters. The van der Waals surface area contributed by atoms with E-state index in [1.807, 2.05) is 24.1 Å². The van der Waals surface area contributed by atoms with Crippen LogP contribution in [0.3, 0.4) is 0 Å². The van der Waals surface area contributed by atoms with E-state index >= 15 is 0 Å². The molecule has 0 aliphatic carbocycles. The average Bonchev–Trinajstić information content (AvgIpc) is 3.09. The third-order valence-electron chi connectivity index (χ3n) is 5.70. The van der Waals surface area contributed by atoms with E-state index in [0.29, 0.717) is 42.2 Å². The first-order valence-corrected chi connectivity index (χ1v) is 12.0. The average molecular weight is 492 g/mol. The normalized spacial score (nSPS) is 13.2. The molecule has 1 aromatic carbocycles. The van der Waals surface area contributed by atoms with Crippen LogP contribution in [0.15, 0.2) is 30.6 Å². The molecule has 0 bridgehead atoms. The molecule has 4 aromatic rings. The number of hydrogen-bond acceptors (Lipinski definition) is 11. The van der Waals surface area contributed by atoms with Gasteiger partial charge in [-0.25, -0.2) is 19.7 Å². The number of aromatic nitrogens is 4. The molecule has 0 spiro atoms. The van der Waals surface area contributed by atoms with Gasteiger partial charge in [0.1, 0.15) is 34.1 Å². The van der Waals surface area contributed by atoms with Gasteiger partial charge in [-0.15, -0.1) is 0 Å². The molecular weight excluding hydrogens is 466 g/mol. The van der Waals surface area contributed by atoms with Crippen LogP contribution in [-0.4, -0.2) is 52.7 Å². The minimum Gasteiger partial charge on any atom is -0.491 e. The SMILES string of the molecule is CCOC(=O)c1cnc(NC)nc1N1CCOc2c(C)cc(-c3cnc4sc(N)nc4c3)cc2C1. The number of benzene rings is 1. The molecular formula is C24H25N7O3S. The van der Waals surface area contributed by atoms with Gasteiger partial charge < -0.3 is 25.4 Å². The number of anilines is 3. The Kier molecular flexibility index (Phi) is 6.08. The molecule has 4 heterocycles. The number of hydrogen-bond donors (Lipinski definition) is 2. The van der Waals surface area contributed by atoms with Gasteiger partial charge in [0.15, 0.2) is 5.13 Å². The number of carbonyl (C=O) groups excluding carboxylic acids is 1. The third kappa shape index (κ3) is 4.42. The van der Waals surface area contributed by atoms with Crippen molar-refractivity contribution in [2.45, 2.75) is 20.4 Å². The lowest BCUT2D eigenvalue weighted by molar-refractivity contribution is 0.0526. The van der Waals surface area contributed by atoms with Crippen molar-refractivity contribution in [2.75, 3.05) is 42.8 Å². The number of aryl methyl sites for hydroxylation is 1. The summed E-state index contributed by atoms with van der Waals surface area (Å²) in [4.78, 5) is 33.2. The second kappa shape index (κ2) is 9.34. The zero-order valence-electron chi connectivity index (χ0n) is 19.7. The number of rotatable bonds is 5. The molecule has 0 saturated carbocycles. The number of nitrogen functional groups attached to an aromatic ring is 1. The predicted molar refractivity (Wildman–Crippen MR) is 136 cm³/mol. The van der Waals surface area contributed by atoms with Gasteiger partial charge in [-0.1, -0.05) is 11.3 Å². The zero-order valence-corrected chi connectivity index (χ0v) is 20.5. The van der Waals surface area contributed by atoms with Gasteiger partial charge in [0.2, 0.25) is 5.95 Å². The van der Waals surface area contributed by atoms with Crippen molar-refractivity contribution in [3.63, 3.8) is 0 Å². The van der Waals surface area contributed by atoms with Crippen molar-refractivity contribution in [2.24, 2.45) is 0 Å². The highest BCUT2D eigenvalue weighted by Gasteiger charge is 2.25. The number of nitrogens with one attached hydrogen (secondary N) is 1. The fraction of sp³-hybridized carbons (Fsp3) is 0.292.